The normalized spacial score (nSPS) is 11.4. The second-order valence-corrected chi connectivity index (χ2v) is 6.51. The van der Waals surface area contributed by atoms with E-state index in [0.717, 1.165) is 18.9 Å². The van der Waals surface area contributed by atoms with Crippen LogP contribution < -0.4 is 10.0 Å². The molecule has 1 aromatic rings. The summed E-state index contributed by atoms with van der Waals surface area (Å²) in [5.74, 6) is -1.19. The molecule has 124 valence electrons. The molecule has 0 unspecified atom stereocenters. The van der Waals surface area contributed by atoms with Gasteiger partial charge < -0.3 is 15.5 Å². The molecule has 4 N–H and O–H groups in total. The van der Waals surface area contributed by atoms with E-state index in [2.05, 4.69) is 10.0 Å². The van der Waals surface area contributed by atoms with Gasteiger partial charge in [0.05, 0.1) is 11.3 Å². The number of aliphatic hydroxyl groups excluding tert-OH is 1. The molecule has 0 bridgehead atoms. The zero-order chi connectivity index (χ0) is 16.6. The number of carboxylic acid groups (broad SMARTS) is 1. The first-order valence-electron chi connectivity index (χ1n) is 7.14. The van der Waals surface area contributed by atoms with E-state index in [9.17, 15) is 13.2 Å². The predicted molar refractivity (Wildman–Crippen MR) is 83.7 cm³/mol. The highest BCUT2D eigenvalue weighted by molar-refractivity contribution is 7.89. The minimum atomic E-state index is -3.84. The highest BCUT2D eigenvalue weighted by atomic mass is 32.2. The lowest BCUT2D eigenvalue weighted by Gasteiger charge is -2.14. The summed E-state index contributed by atoms with van der Waals surface area (Å²) in [6, 6.07) is 3.96. The number of carbonyl (C=O) groups is 1. The Morgan fingerprint density at radius 3 is 2.55 bits per heavy atom. The van der Waals surface area contributed by atoms with Gasteiger partial charge in [-0.2, -0.15) is 0 Å². The van der Waals surface area contributed by atoms with Gasteiger partial charge in [-0.1, -0.05) is 13.3 Å². The Morgan fingerprint density at radius 1 is 1.23 bits per heavy atom. The summed E-state index contributed by atoms with van der Waals surface area (Å²) in [4.78, 5) is 10.9. The van der Waals surface area contributed by atoms with Crippen LogP contribution in [0.15, 0.2) is 23.1 Å². The maximum Gasteiger partial charge on any atom is 0.335 e. The van der Waals surface area contributed by atoms with Crippen LogP contribution >= 0.6 is 0 Å². The number of carboxylic acids is 1. The van der Waals surface area contributed by atoms with Crippen LogP contribution in [0, 0.1) is 0 Å². The van der Waals surface area contributed by atoms with Crippen LogP contribution in [0.2, 0.25) is 0 Å². The number of unbranched alkanes of at least 4 members (excludes halogenated alkanes) is 1. The van der Waals surface area contributed by atoms with Gasteiger partial charge in [0.2, 0.25) is 10.0 Å². The largest absolute Gasteiger partial charge is 0.478 e. The Bertz CT molecular complexity index is 601. The molecule has 0 heterocycles. The molecule has 7 nitrogen and oxygen atoms in total. The summed E-state index contributed by atoms with van der Waals surface area (Å²) in [6.45, 7) is 2.58. The molecule has 0 atom stereocenters. The first-order valence-corrected chi connectivity index (χ1v) is 8.62. The predicted octanol–water partition coefficient (Wildman–Crippen LogP) is 1.26. The third-order valence-electron chi connectivity index (χ3n) is 2.99. The number of hydrogen-bond donors (Lipinski definition) is 4. The van der Waals surface area contributed by atoms with Gasteiger partial charge in [-0.3, -0.25) is 0 Å². The lowest BCUT2D eigenvalue weighted by atomic mass is 10.2. The fraction of sp³-hybridized carbons (Fsp3) is 0.500. The van der Waals surface area contributed by atoms with E-state index in [1.165, 1.54) is 12.1 Å². The minimum absolute atomic E-state index is 0.0878. The molecular formula is C14H22N2O5S. The SMILES string of the molecule is CCCCNc1ccc(C(=O)O)cc1S(=O)(=O)NCCCO. The number of sulfonamides is 1. The summed E-state index contributed by atoms with van der Waals surface area (Å²) in [5.41, 5.74) is 0.276. The average Bonchev–Trinajstić information content (AvgIpc) is 2.47. The lowest BCUT2D eigenvalue weighted by molar-refractivity contribution is 0.0696. The molecule has 0 aliphatic carbocycles. The van der Waals surface area contributed by atoms with Gasteiger partial charge in [-0.25, -0.2) is 17.9 Å². The molecule has 0 aliphatic rings. The van der Waals surface area contributed by atoms with Crippen LogP contribution in [-0.2, 0) is 10.0 Å². The van der Waals surface area contributed by atoms with E-state index in [-0.39, 0.29) is 30.0 Å². The van der Waals surface area contributed by atoms with Crippen molar-refractivity contribution in [3.05, 3.63) is 23.8 Å². The number of anilines is 1. The van der Waals surface area contributed by atoms with Crippen LogP contribution in [0.5, 0.6) is 0 Å². The van der Waals surface area contributed by atoms with Crippen molar-refractivity contribution in [1.29, 1.82) is 0 Å². The molecule has 0 fully saturated rings. The molecule has 0 amide bonds. The molecule has 1 rings (SSSR count). The van der Waals surface area contributed by atoms with Crippen molar-refractivity contribution < 1.29 is 23.4 Å². The van der Waals surface area contributed by atoms with Crippen molar-refractivity contribution in [2.75, 3.05) is 25.0 Å². The monoisotopic (exact) mass is 330 g/mol. The molecular weight excluding hydrogens is 308 g/mol. The maximum atomic E-state index is 12.3. The first kappa shape index (κ1) is 18.4. The Balaban J connectivity index is 3.09. The van der Waals surface area contributed by atoms with Gasteiger partial charge in [-0.15, -0.1) is 0 Å². The van der Waals surface area contributed by atoms with Crippen molar-refractivity contribution in [3.8, 4) is 0 Å². The molecule has 0 aliphatic heterocycles. The number of rotatable bonds is 10. The average molecular weight is 330 g/mol. The molecule has 0 aromatic heterocycles. The van der Waals surface area contributed by atoms with Crippen molar-refractivity contribution in [1.82, 2.24) is 4.72 Å². The number of hydrogen-bond acceptors (Lipinski definition) is 5. The van der Waals surface area contributed by atoms with Crippen molar-refractivity contribution in [3.63, 3.8) is 0 Å². The molecule has 8 heteroatoms. The van der Waals surface area contributed by atoms with Crippen LogP contribution in [0.1, 0.15) is 36.5 Å². The summed E-state index contributed by atoms with van der Waals surface area (Å²) >= 11 is 0. The fourth-order valence-electron chi connectivity index (χ4n) is 1.79. The van der Waals surface area contributed by atoms with Crippen LogP contribution in [-0.4, -0.2) is 44.3 Å². The lowest BCUT2D eigenvalue weighted by Crippen LogP contribution is -2.26. The highest BCUT2D eigenvalue weighted by Gasteiger charge is 2.20. The van der Waals surface area contributed by atoms with E-state index in [0.29, 0.717) is 12.2 Å². The summed E-state index contributed by atoms with van der Waals surface area (Å²) in [5, 5.41) is 20.8. The maximum absolute atomic E-state index is 12.3. The molecule has 0 radical (unpaired) electrons. The van der Waals surface area contributed by atoms with Crippen molar-refractivity contribution in [2.24, 2.45) is 0 Å². The number of benzene rings is 1. The molecule has 1 aromatic carbocycles. The molecule has 0 saturated carbocycles. The van der Waals surface area contributed by atoms with E-state index < -0.39 is 16.0 Å². The fourth-order valence-corrected chi connectivity index (χ4v) is 3.07. The Labute approximate surface area is 130 Å². The van der Waals surface area contributed by atoms with Crippen LogP contribution in [0.3, 0.4) is 0 Å². The minimum Gasteiger partial charge on any atom is -0.478 e. The second kappa shape index (κ2) is 8.72. The zero-order valence-electron chi connectivity index (χ0n) is 12.5. The quantitative estimate of drug-likeness (QED) is 0.480. The summed E-state index contributed by atoms with van der Waals surface area (Å²) in [7, 11) is -3.84. The van der Waals surface area contributed by atoms with E-state index >= 15 is 0 Å². The Hall–Kier alpha value is -1.64. The van der Waals surface area contributed by atoms with E-state index in [1.807, 2.05) is 6.92 Å². The number of aliphatic hydroxyl groups is 1. The van der Waals surface area contributed by atoms with Gasteiger partial charge >= 0.3 is 5.97 Å². The zero-order valence-corrected chi connectivity index (χ0v) is 13.3. The Kier molecular flexibility index (Phi) is 7.30. The molecule has 0 spiro atoms. The molecule has 22 heavy (non-hydrogen) atoms. The van der Waals surface area contributed by atoms with Gasteiger partial charge in [0.15, 0.2) is 0 Å². The van der Waals surface area contributed by atoms with Gasteiger partial charge in [0.25, 0.3) is 0 Å². The van der Waals surface area contributed by atoms with Gasteiger partial charge in [0.1, 0.15) is 4.90 Å². The summed E-state index contributed by atoms with van der Waals surface area (Å²) < 4.78 is 27.0. The van der Waals surface area contributed by atoms with Gasteiger partial charge in [0, 0.05) is 19.7 Å². The second-order valence-electron chi connectivity index (χ2n) is 4.77. The summed E-state index contributed by atoms with van der Waals surface area (Å²) in [6.07, 6.45) is 2.12. The van der Waals surface area contributed by atoms with Crippen LogP contribution in [0.25, 0.3) is 0 Å². The smallest absolute Gasteiger partial charge is 0.335 e. The van der Waals surface area contributed by atoms with Crippen molar-refractivity contribution in [2.45, 2.75) is 31.1 Å². The first-order chi connectivity index (χ1) is 10.4. The number of nitrogens with one attached hydrogen (secondary N) is 2. The highest BCUT2D eigenvalue weighted by Crippen LogP contribution is 2.23. The molecule has 0 saturated heterocycles. The van der Waals surface area contributed by atoms with E-state index in [1.54, 1.807) is 0 Å². The third kappa shape index (κ3) is 5.28. The van der Waals surface area contributed by atoms with E-state index in [4.69, 9.17) is 10.2 Å². The third-order valence-corrected chi connectivity index (χ3v) is 4.49. The van der Waals surface area contributed by atoms with Crippen molar-refractivity contribution >= 4 is 21.7 Å². The number of aromatic carboxylic acids is 1. The van der Waals surface area contributed by atoms with Crippen LogP contribution in [0.4, 0.5) is 5.69 Å². The topological polar surface area (TPSA) is 116 Å². The Morgan fingerprint density at radius 2 is 1.95 bits per heavy atom. The van der Waals surface area contributed by atoms with Gasteiger partial charge in [-0.05, 0) is 31.0 Å². The standard InChI is InChI=1S/C14H22N2O5S/c1-2-3-7-15-12-6-5-11(14(18)19)10-13(12)22(20,21)16-8-4-9-17/h5-6,10,15-17H,2-4,7-9H2,1H3,(H,18,19).